The largest absolute Gasteiger partial charge is 0.337 e. The molecule has 3 rings (SSSR count). The molecule has 1 fully saturated rings. The Hall–Kier alpha value is -2.32. The summed E-state index contributed by atoms with van der Waals surface area (Å²) in [5.74, 6) is -0.360. The van der Waals surface area contributed by atoms with Crippen LogP contribution in [0.15, 0.2) is 42.5 Å². The summed E-state index contributed by atoms with van der Waals surface area (Å²) in [6, 6.07) is 11.0. The molecule has 1 aromatic carbocycles. The summed E-state index contributed by atoms with van der Waals surface area (Å²) >= 11 is 0. The number of aromatic nitrogens is 1. The average molecular weight is 434 g/mol. The van der Waals surface area contributed by atoms with Crippen molar-refractivity contribution in [2.45, 2.75) is 45.7 Å². The molecule has 2 unspecified atom stereocenters. The number of halogens is 1. The number of likely N-dealkylation sites (tertiary alicyclic amines) is 1. The molecule has 0 radical (unpaired) electrons. The highest BCUT2D eigenvalue weighted by Crippen LogP contribution is 2.28. The Kier molecular flexibility index (Phi) is 6.29. The minimum atomic E-state index is -3.42. The molecule has 6 nitrogen and oxygen atoms in total. The van der Waals surface area contributed by atoms with Gasteiger partial charge in [-0.25, -0.2) is 17.5 Å². The Morgan fingerprint density at radius 2 is 1.93 bits per heavy atom. The Morgan fingerprint density at radius 1 is 1.23 bits per heavy atom. The second kappa shape index (κ2) is 8.43. The molecule has 8 heteroatoms. The van der Waals surface area contributed by atoms with Crippen LogP contribution < -0.4 is 4.72 Å². The third kappa shape index (κ3) is 5.43. The standard InChI is InChI=1S/C22H28FN3O3S/c1-22(2,3)21(27)26-12-11-19(25-30(4,28)29)20(26)14-17-9-6-10-18(24-17)15-7-5-8-16(23)13-15/h5-10,13,19-20,25H,11-12,14H2,1-4H3. The van der Waals surface area contributed by atoms with Crippen LogP contribution >= 0.6 is 0 Å². The van der Waals surface area contributed by atoms with E-state index >= 15 is 0 Å². The number of rotatable bonds is 5. The minimum absolute atomic E-state index is 0.0217. The lowest BCUT2D eigenvalue weighted by Gasteiger charge is -2.33. The Balaban J connectivity index is 1.91. The van der Waals surface area contributed by atoms with Gasteiger partial charge in [-0.1, -0.05) is 39.0 Å². The SMILES string of the molecule is CC(C)(C)C(=O)N1CCC(NS(C)(=O)=O)C1Cc1cccc(-c2cccc(F)c2)n1. The summed E-state index contributed by atoms with van der Waals surface area (Å²) in [6.07, 6.45) is 2.07. The van der Waals surface area contributed by atoms with Gasteiger partial charge in [0.05, 0.1) is 18.0 Å². The normalized spacial score (nSPS) is 19.8. The van der Waals surface area contributed by atoms with E-state index in [2.05, 4.69) is 9.71 Å². The average Bonchev–Trinajstić information content (AvgIpc) is 3.01. The van der Waals surface area contributed by atoms with Crippen molar-refractivity contribution in [1.29, 1.82) is 0 Å². The predicted molar refractivity (Wildman–Crippen MR) is 115 cm³/mol. The van der Waals surface area contributed by atoms with Crippen LogP contribution in [0.1, 0.15) is 32.9 Å². The molecule has 0 saturated carbocycles. The highest BCUT2D eigenvalue weighted by Gasteiger charge is 2.41. The van der Waals surface area contributed by atoms with Gasteiger partial charge < -0.3 is 4.90 Å². The zero-order valence-corrected chi connectivity index (χ0v) is 18.5. The summed E-state index contributed by atoms with van der Waals surface area (Å²) in [4.78, 5) is 19.4. The molecule has 30 heavy (non-hydrogen) atoms. The molecular formula is C22H28FN3O3S. The van der Waals surface area contributed by atoms with Crippen molar-refractivity contribution in [2.24, 2.45) is 5.41 Å². The fraction of sp³-hybridized carbons (Fsp3) is 0.455. The number of carbonyl (C=O) groups is 1. The molecule has 1 N–H and O–H groups in total. The number of pyridine rings is 1. The van der Waals surface area contributed by atoms with E-state index in [1.54, 1.807) is 23.1 Å². The molecule has 162 valence electrons. The molecule has 1 aromatic heterocycles. The van der Waals surface area contributed by atoms with E-state index in [4.69, 9.17) is 0 Å². The van der Waals surface area contributed by atoms with E-state index in [0.29, 0.717) is 30.6 Å². The molecule has 2 atom stereocenters. The number of hydrogen-bond acceptors (Lipinski definition) is 4. The number of amides is 1. The van der Waals surface area contributed by atoms with Gasteiger partial charge >= 0.3 is 0 Å². The second-order valence-electron chi connectivity index (χ2n) is 8.83. The summed E-state index contributed by atoms with van der Waals surface area (Å²) in [5, 5.41) is 0. The van der Waals surface area contributed by atoms with Gasteiger partial charge in [-0.3, -0.25) is 9.78 Å². The van der Waals surface area contributed by atoms with Gasteiger partial charge in [-0.05, 0) is 30.7 Å². The maximum atomic E-state index is 13.6. The van der Waals surface area contributed by atoms with E-state index < -0.39 is 15.4 Å². The Bertz CT molecular complexity index is 1030. The summed E-state index contributed by atoms with van der Waals surface area (Å²) in [7, 11) is -3.42. The molecule has 1 aliphatic heterocycles. The van der Waals surface area contributed by atoms with Crippen LogP contribution in [0, 0.1) is 11.2 Å². The van der Waals surface area contributed by atoms with Crippen molar-refractivity contribution in [3.8, 4) is 11.3 Å². The first-order valence-corrected chi connectivity index (χ1v) is 11.8. The highest BCUT2D eigenvalue weighted by molar-refractivity contribution is 7.88. The molecule has 1 amide bonds. The molecule has 2 heterocycles. The first kappa shape index (κ1) is 22.4. The predicted octanol–water partition coefficient (Wildman–Crippen LogP) is 3.00. The second-order valence-corrected chi connectivity index (χ2v) is 10.6. The quantitative estimate of drug-likeness (QED) is 0.786. The summed E-state index contributed by atoms with van der Waals surface area (Å²) in [6.45, 7) is 6.04. The van der Waals surface area contributed by atoms with Crippen LogP contribution in [-0.2, 0) is 21.2 Å². The zero-order valence-electron chi connectivity index (χ0n) is 17.7. The van der Waals surface area contributed by atoms with E-state index in [0.717, 1.165) is 11.9 Å². The van der Waals surface area contributed by atoms with Gasteiger partial charge in [-0.2, -0.15) is 0 Å². The lowest BCUT2D eigenvalue weighted by molar-refractivity contribution is -0.140. The summed E-state index contributed by atoms with van der Waals surface area (Å²) in [5.41, 5.74) is 1.44. The molecule has 1 saturated heterocycles. The van der Waals surface area contributed by atoms with E-state index in [1.807, 2.05) is 32.9 Å². The number of nitrogens with one attached hydrogen (secondary N) is 1. The van der Waals surface area contributed by atoms with E-state index in [1.165, 1.54) is 12.1 Å². The fourth-order valence-corrected chi connectivity index (χ4v) is 4.64. The fourth-order valence-electron chi connectivity index (χ4n) is 3.82. The van der Waals surface area contributed by atoms with Crippen molar-refractivity contribution in [2.75, 3.05) is 12.8 Å². The number of hydrogen-bond donors (Lipinski definition) is 1. The monoisotopic (exact) mass is 433 g/mol. The Labute approximate surface area is 177 Å². The lowest BCUT2D eigenvalue weighted by atomic mass is 9.93. The van der Waals surface area contributed by atoms with Crippen LogP contribution in [0.25, 0.3) is 11.3 Å². The third-order valence-electron chi connectivity index (χ3n) is 5.16. The number of benzene rings is 1. The first-order valence-electron chi connectivity index (χ1n) is 9.94. The van der Waals surface area contributed by atoms with Gasteiger partial charge in [0.25, 0.3) is 0 Å². The van der Waals surface area contributed by atoms with Crippen molar-refractivity contribution in [1.82, 2.24) is 14.6 Å². The molecule has 0 spiro atoms. The van der Waals surface area contributed by atoms with Crippen LogP contribution in [0.4, 0.5) is 4.39 Å². The van der Waals surface area contributed by atoms with Gasteiger partial charge in [0.1, 0.15) is 5.82 Å². The van der Waals surface area contributed by atoms with Gasteiger partial charge in [-0.15, -0.1) is 0 Å². The van der Waals surface area contributed by atoms with Crippen molar-refractivity contribution >= 4 is 15.9 Å². The van der Waals surface area contributed by atoms with Gasteiger partial charge in [0.2, 0.25) is 15.9 Å². The maximum absolute atomic E-state index is 13.6. The Morgan fingerprint density at radius 3 is 2.57 bits per heavy atom. The molecule has 0 aliphatic carbocycles. The van der Waals surface area contributed by atoms with Crippen LogP contribution in [0.2, 0.25) is 0 Å². The highest BCUT2D eigenvalue weighted by atomic mass is 32.2. The number of carbonyl (C=O) groups excluding carboxylic acids is 1. The van der Waals surface area contributed by atoms with Crippen molar-refractivity contribution < 1.29 is 17.6 Å². The molecule has 0 bridgehead atoms. The lowest BCUT2D eigenvalue weighted by Crippen LogP contribution is -2.50. The first-order chi connectivity index (χ1) is 13.9. The van der Waals surface area contributed by atoms with Crippen LogP contribution in [0.5, 0.6) is 0 Å². The van der Waals surface area contributed by atoms with Crippen molar-refractivity contribution in [3.63, 3.8) is 0 Å². The molecule has 2 aromatic rings. The minimum Gasteiger partial charge on any atom is -0.337 e. The topological polar surface area (TPSA) is 79.4 Å². The van der Waals surface area contributed by atoms with Crippen molar-refractivity contribution in [3.05, 3.63) is 54.0 Å². The summed E-state index contributed by atoms with van der Waals surface area (Å²) < 4.78 is 40.0. The maximum Gasteiger partial charge on any atom is 0.228 e. The number of sulfonamides is 1. The van der Waals surface area contributed by atoms with E-state index in [9.17, 15) is 17.6 Å². The van der Waals surface area contributed by atoms with Gasteiger partial charge in [0.15, 0.2) is 0 Å². The molecular weight excluding hydrogens is 405 g/mol. The molecule has 1 aliphatic rings. The van der Waals surface area contributed by atoms with E-state index in [-0.39, 0.29) is 23.8 Å². The third-order valence-corrected chi connectivity index (χ3v) is 5.89. The van der Waals surface area contributed by atoms with Gasteiger partial charge in [0, 0.05) is 35.7 Å². The number of nitrogens with zero attached hydrogens (tertiary/aromatic N) is 2. The zero-order chi connectivity index (χ0) is 22.1. The smallest absolute Gasteiger partial charge is 0.228 e. The van der Waals surface area contributed by atoms with Crippen LogP contribution in [0.3, 0.4) is 0 Å². The van der Waals surface area contributed by atoms with Crippen LogP contribution in [-0.4, -0.2) is 49.1 Å².